The summed E-state index contributed by atoms with van der Waals surface area (Å²) in [6, 6.07) is 0. The summed E-state index contributed by atoms with van der Waals surface area (Å²) in [5.74, 6) is 0.0412. The van der Waals surface area contributed by atoms with Crippen LogP contribution in [0.1, 0.15) is 12.8 Å². The van der Waals surface area contributed by atoms with Gasteiger partial charge in [0.25, 0.3) is 0 Å². The Bertz CT molecular complexity index is 134. The normalized spacial score (nSPS) is 8.91. The molecule has 0 aliphatic heterocycles. The zero-order valence-corrected chi connectivity index (χ0v) is 6.79. The predicted molar refractivity (Wildman–Crippen MR) is 39.6 cm³/mol. The second-order valence-corrected chi connectivity index (χ2v) is 2.32. The molecule has 0 aromatic carbocycles. The summed E-state index contributed by atoms with van der Waals surface area (Å²) in [6.45, 7) is 1.56. The molecule has 4 nitrogen and oxygen atoms in total. The fraction of sp³-hybridized carbons (Fsp3) is 0.714. The van der Waals surface area contributed by atoms with E-state index in [2.05, 4.69) is 4.74 Å². The van der Waals surface area contributed by atoms with Gasteiger partial charge in [0.15, 0.2) is 0 Å². The average Bonchev–Trinajstić information content (AvgIpc) is 1.97. The lowest BCUT2D eigenvalue weighted by Gasteiger charge is -2.08. The summed E-state index contributed by atoms with van der Waals surface area (Å²) >= 11 is 0. The molecule has 0 bridgehead atoms. The molecule has 0 saturated carbocycles. The highest BCUT2D eigenvalue weighted by molar-refractivity contribution is 5.75. The van der Waals surface area contributed by atoms with Crippen LogP contribution < -0.4 is 0 Å². The van der Waals surface area contributed by atoms with E-state index in [1.165, 1.54) is 11.4 Å². The Morgan fingerprint density at radius 1 is 1.55 bits per heavy atom. The van der Waals surface area contributed by atoms with E-state index in [0.717, 1.165) is 0 Å². The number of hydrogen-bond donors (Lipinski definition) is 0. The molecule has 0 aromatic heterocycles. The van der Waals surface area contributed by atoms with E-state index < -0.39 is 0 Å². The first-order valence-corrected chi connectivity index (χ1v) is 3.37. The average molecular weight is 158 g/mol. The fourth-order valence-electron chi connectivity index (χ4n) is 0.561. The first-order chi connectivity index (χ1) is 5.18. The number of hydrogen-bond acceptors (Lipinski definition) is 3. The SMILES string of the molecule is CN(C)C(=O)CCCO[C]=O. The van der Waals surface area contributed by atoms with E-state index in [0.29, 0.717) is 12.8 Å². The van der Waals surface area contributed by atoms with Gasteiger partial charge in [0.1, 0.15) is 0 Å². The molecule has 0 saturated heterocycles. The van der Waals surface area contributed by atoms with Crippen LogP contribution in [0.15, 0.2) is 0 Å². The lowest BCUT2D eigenvalue weighted by molar-refractivity contribution is -0.128. The van der Waals surface area contributed by atoms with Crippen molar-refractivity contribution in [3.8, 4) is 0 Å². The smallest absolute Gasteiger partial charge is 0.417 e. The van der Waals surface area contributed by atoms with Crippen LogP contribution in [0.25, 0.3) is 0 Å². The Hall–Kier alpha value is -1.06. The van der Waals surface area contributed by atoms with Gasteiger partial charge in [0, 0.05) is 20.5 Å². The van der Waals surface area contributed by atoms with E-state index in [9.17, 15) is 9.59 Å². The Labute approximate surface area is 66.1 Å². The number of nitrogens with zero attached hydrogens (tertiary/aromatic N) is 1. The van der Waals surface area contributed by atoms with Crippen LogP contribution in [0.2, 0.25) is 0 Å². The maximum absolute atomic E-state index is 10.9. The minimum absolute atomic E-state index is 0.0412. The molecule has 0 aromatic rings. The van der Waals surface area contributed by atoms with Crippen LogP contribution >= 0.6 is 0 Å². The molecular formula is C7H12NO3. The van der Waals surface area contributed by atoms with Gasteiger partial charge in [-0.15, -0.1) is 0 Å². The largest absolute Gasteiger partial charge is 0.457 e. The van der Waals surface area contributed by atoms with E-state index in [-0.39, 0.29) is 12.5 Å². The Morgan fingerprint density at radius 2 is 2.18 bits per heavy atom. The second-order valence-electron chi connectivity index (χ2n) is 2.32. The highest BCUT2D eigenvalue weighted by Crippen LogP contribution is 1.92. The monoisotopic (exact) mass is 158 g/mol. The minimum Gasteiger partial charge on any atom is -0.457 e. The molecule has 1 radical (unpaired) electrons. The second kappa shape index (κ2) is 5.70. The first kappa shape index (κ1) is 9.94. The highest BCUT2D eigenvalue weighted by atomic mass is 16.5. The summed E-state index contributed by atoms with van der Waals surface area (Å²) in [5.41, 5.74) is 0. The maximum Gasteiger partial charge on any atom is 0.417 e. The van der Waals surface area contributed by atoms with Crippen molar-refractivity contribution >= 4 is 12.4 Å². The fourth-order valence-corrected chi connectivity index (χ4v) is 0.561. The number of carbonyl (C=O) groups excluding carboxylic acids is 2. The van der Waals surface area contributed by atoms with Gasteiger partial charge in [-0.3, -0.25) is 4.79 Å². The van der Waals surface area contributed by atoms with Crippen LogP contribution in [0.5, 0.6) is 0 Å². The van der Waals surface area contributed by atoms with E-state index in [1.54, 1.807) is 14.1 Å². The molecule has 0 spiro atoms. The standard InChI is InChI=1S/C7H12NO3/c1-8(2)7(10)4-3-5-11-6-9/h3-5H2,1-2H3. The van der Waals surface area contributed by atoms with Gasteiger partial charge < -0.3 is 9.64 Å². The van der Waals surface area contributed by atoms with Crippen molar-refractivity contribution in [2.45, 2.75) is 12.8 Å². The highest BCUT2D eigenvalue weighted by Gasteiger charge is 2.02. The summed E-state index contributed by atoms with van der Waals surface area (Å²) in [7, 11) is 3.38. The maximum atomic E-state index is 10.9. The van der Waals surface area contributed by atoms with Gasteiger partial charge in [-0.05, 0) is 6.42 Å². The van der Waals surface area contributed by atoms with Gasteiger partial charge >= 0.3 is 6.47 Å². The third-order valence-electron chi connectivity index (χ3n) is 1.19. The van der Waals surface area contributed by atoms with Crippen molar-refractivity contribution in [3.05, 3.63) is 0 Å². The third kappa shape index (κ3) is 5.39. The van der Waals surface area contributed by atoms with Crippen molar-refractivity contribution in [1.29, 1.82) is 0 Å². The summed E-state index contributed by atoms with van der Waals surface area (Å²) in [5, 5.41) is 0. The summed E-state index contributed by atoms with van der Waals surface area (Å²) in [6.07, 6.45) is 0.973. The number of carbonyl (C=O) groups is 1. The summed E-state index contributed by atoms with van der Waals surface area (Å²) < 4.78 is 4.29. The predicted octanol–water partition coefficient (Wildman–Crippen LogP) is -0.0614. The van der Waals surface area contributed by atoms with Crippen LogP contribution in [0, 0.1) is 0 Å². The van der Waals surface area contributed by atoms with Gasteiger partial charge in [0.05, 0.1) is 6.61 Å². The molecule has 0 N–H and O–H groups in total. The van der Waals surface area contributed by atoms with E-state index >= 15 is 0 Å². The number of amides is 1. The van der Waals surface area contributed by atoms with Gasteiger partial charge in [0.2, 0.25) is 5.91 Å². The van der Waals surface area contributed by atoms with Crippen LogP contribution in [-0.2, 0) is 14.3 Å². The Kier molecular flexibility index (Phi) is 5.15. The lowest BCUT2D eigenvalue weighted by Crippen LogP contribution is -2.21. The minimum atomic E-state index is 0.0412. The molecule has 0 heterocycles. The lowest BCUT2D eigenvalue weighted by atomic mass is 10.3. The molecule has 0 unspecified atom stereocenters. The molecule has 0 atom stereocenters. The van der Waals surface area contributed by atoms with Crippen molar-refractivity contribution in [3.63, 3.8) is 0 Å². The molecule has 0 fully saturated rings. The molecule has 4 heteroatoms. The Morgan fingerprint density at radius 3 is 2.64 bits per heavy atom. The van der Waals surface area contributed by atoms with Crippen LogP contribution in [0.3, 0.4) is 0 Å². The molecule has 63 valence electrons. The van der Waals surface area contributed by atoms with E-state index in [1.807, 2.05) is 0 Å². The van der Waals surface area contributed by atoms with Crippen molar-refractivity contribution in [1.82, 2.24) is 4.90 Å². The quantitative estimate of drug-likeness (QED) is 0.526. The zero-order chi connectivity index (χ0) is 8.69. The number of ether oxygens (including phenoxy) is 1. The summed E-state index contributed by atoms with van der Waals surface area (Å²) in [4.78, 5) is 21.9. The molecular weight excluding hydrogens is 146 g/mol. The Balaban J connectivity index is 3.24. The zero-order valence-electron chi connectivity index (χ0n) is 6.79. The van der Waals surface area contributed by atoms with Crippen molar-refractivity contribution < 1.29 is 14.3 Å². The van der Waals surface area contributed by atoms with Crippen molar-refractivity contribution in [2.75, 3.05) is 20.7 Å². The molecule has 0 aliphatic rings. The molecule has 11 heavy (non-hydrogen) atoms. The molecule has 0 aliphatic carbocycles. The molecule has 1 amide bonds. The van der Waals surface area contributed by atoms with Crippen LogP contribution in [0.4, 0.5) is 0 Å². The van der Waals surface area contributed by atoms with E-state index in [4.69, 9.17) is 0 Å². The number of rotatable bonds is 5. The van der Waals surface area contributed by atoms with Crippen LogP contribution in [-0.4, -0.2) is 38.0 Å². The van der Waals surface area contributed by atoms with Gasteiger partial charge in [-0.25, -0.2) is 4.79 Å². The van der Waals surface area contributed by atoms with Crippen molar-refractivity contribution in [2.24, 2.45) is 0 Å². The third-order valence-corrected chi connectivity index (χ3v) is 1.19. The topological polar surface area (TPSA) is 46.6 Å². The first-order valence-electron chi connectivity index (χ1n) is 3.37. The van der Waals surface area contributed by atoms with Gasteiger partial charge in [-0.1, -0.05) is 0 Å². The van der Waals surface area contributed by atoms with Gasteiger partial charge in [-0.2, -0.15) is 0 Å². The molecule has 0 rings (SSSR count).